The lowest BCUT2D eigenvalue weighted by Crippen LogP contribution is -2.26. The third kappa shape index (κ3) is 4.23. The summed E-state index contributed by atoms with van der Waals surface area (Å²) in [5, 5.41) is 0. The summed E-state index contributed by atoms with van der Waals surface area (Å²) in [6.07, 6.45) is 5.27. The van der Waals surface area contributed by atoms with Crippen LogP contribution in [0.3, 0.4) is 0 Å². The molecule has 0 aromatic heterocycles. The molecule has 0 atom stereocenters. The zero-order valence-corrected chi connectivity index (χ0v) is 10.9. The van der Waals surface area contributed by atoms with Crippen LogP contribution in [0.1, 0.15) is 13.8 Å². The number of rotatable bonds is 4. The third-order valence-corrected chi connectivity index (χ3v) is 2.33. The van der Waals surface area contributed by atoms with E-state index in [4.69, 9.17) is 11.2 Å². The number of hydrogen-bond donors (Lipinski definition) is 0. The molecule has 92 valence electrons. The van der Waals surface area contributed by atoms with Crippen LogP contribution < -0.4 is 9.47 Å². The predicted octanol–water partition coefficient (Wildman–Crippen LogP) is 3.84. The van der Waals surface area contributed by atoms with Gasteiger partial charge in [0.05, 0.1) is 0 Å². The molecule has 0 aliphatic rings. The Balaban J connectivity index is 3.04. The molecular weight excluding hydrogens is 294 g/mol. The average molecular weight is 305 g/mol. The van der Waals surface area contributed by atoms with E-state index >= 15 is 0 Å². The van der Waals surface area contributed by atoms with Crippen LogP contribution in [-0.2, 0) is 0 Å². The molecule has 0 unspecified atom stereocenters. The fourth-order valence-corrected chi connectivity index (χ4v) is 1.40. The molecule has 0 saturated heterocycles. The molecule has 0 aliphatic heterocycles. The Bertz CT molecular complexity index is 439. The molecule has 0 saturated carbocycles. The first-order valence-corrected chi connectivity index (χ1v) is 5.54. The summed E-state index contributed by atoms with van der Waals surface area (Å²) in [4.78, 5) is 0. The van der Waals surface area contributed by atoms with Crippen LogP contribution in [0.5, 0.6) is 11.5 Å². The Morgan fingerprint density at radius 2 is 2.00 bits per heavy atom. The zero-order valence-electron chi connectivity index (χ0n) is 9.34. The van der Waals surface area contributed by atoms with E-state index in [-0.39, 0.29) is 11.5 Å². The van der Waals surface area contributed by atoms with Gasteiger partial charge in [0, 0.05) is 4.47 Å². The molecular formula is C12H11BrF2O2. The molecule has 0 fully saturated rings. The van der Waals surface area contributed by atoms with E-state index < -0.39 is 12.2 Å². The van der Waals surface area contributed by atoms with E-state index in [1.165, 1.54) is 12.1 Å². The second-order valence-corrected chi connectivity index (χ2v) is 4.64. The van der Waals surface area contributed by atoms with E-state index in [0.717, 1.165) is 0 Å². The summed E-state index contributed by atoms with van der Waals surface area (Å²) in [5.74, 6) is 2.53. The van der Waals surface area contributed by atoms with Gasteiger partial charge in [-0.25, -0.2) is 0 Å². The van der Waals surface area contributed by atoms with Gasteiger partial charge in [-0.2, -0.15) is 8.78 Å². The predicted molar refractivity (Wildman–Crippen MR) is 64.3 cm³/mol. The van der Waals surface area contributed by atoms with Crippen molar-refractivity contribution in [2.24, 2.45) is 0 Å². The van der Waals surface area contributed by atoms with Gasteiger partial charge in [0.2, 0.25) is 0 Å². The number of benzene rings is 1. The molecule has 1 aromatic carbocycles. The van der Waals surface area contributed by atoms with Gasteiger partial charge in [0.25, 0.3) is 0 Å². The number of alkyl halides is 2. The molecule has 17 heavy (non-hydrogen) atoms. The molecule has 0 heterocycles. The Labute approximate surface area is 107 Å². The normalized spacial score (nSPS) is 11.1. The largest absolute Gasteiger partial charge is 0.471 e. The molecule has 1 aromatic rings. The monoisotopic (exact) mass is 304 g/mol. The van der Waals surface area contributed by atoms with E-state index in [9.17, 15) is 8.78 Å². The van der Waals surface area contributed by atoms with Crippen molar-refractivity contribution in [2.45, 2.75) is 26.1 Å². The average Bonchev–Trinajstić information content (AvgIpc) is 2.21. The minimum atomic E-state index is -2.91. The Morgan fingerprint density at radius 3 is 2.53 bits per heavy atom. The highest BCUT2D eigenvalue weighted by Crippen LogP contribution is 2.34. The summed E-state index contributed by atoms with van der Waals surface area (Å²) in [5.41, 5.74) is -0.902. The fourth-order valence-electron chi connectivity index (χ4n) is 1.06. The summed E-state index contributed by atoms with van der Waals surface area (Å²) >= 11 is 3.22. The van der Waals surface area contributed by atoms with Gasteiger partial charge < -0.3 is 9.47 Å². The molecule has 2 nitrogen and oxygen atoms in total. The summed E-state index contributed by atoms with van der Waals surface area (Å²) in [7, 11) is 0. The second-order valence-electron chi connectivity index (χ2n) is 3.73. The van der Waals surface area contributed by atoms with Gasteiger partial charge in [-0.05, 0) is 32.0 Å². The lowest BCUT2D eigenvalue weighted by atomic mass is 10.1. The van der Waals surface area contributed by atoms with E-state index in [1.807, 2.05) is 0 Å². The minimum Gasteiger partial charge on any atom is -0.471 e. The van der Waals surface area contributed by atoms with Crippen molar-refractivity contribution in [3.8, 4) is 23.8 Å². The first-order valence-electron chi connectivity index (χ1n) is 4.75. The van der Waals surface area contributed by atoms with Crippen molar-refractivity contribution in [3.05, 3.63) is 22.7 Å². The quantitative estimate of drug-likeness (QED) is 0.787. The van der Waals surface area contributed by atoms with Crippen molar-refractivity contribution in [3.63, 3.8) is 0 Å². The molecule has 0 radical (unpaired) electrons. The standard InChI is InChI=1S/C12H11BrF2O2/c1-4-12(2,3)17-10-7-8(13)5-6-9(10)16-11(14)15/h1,5-7,11H,2-3H3. The Kier molecular flexibility index (Phi) is 4.35. The van der Waals surface area contributed by atoms with Gasteiger partial charge in [-0.3, -0.25) is 0 Å². The van der Waals surface area contributed by atoms with Crippen molar-refractivity contribution in [1.82, 2.24) is 0 Å². The Morgan fingerprint density at radius 1 is 1.35 bits per heavy atom. The zero-order chi connectivity index (χ0) is 13.1. The van der Waals surface area contributed by atoms with Crippen molar-refractivity contribution >= 4 is 15.9 Å². The molecule has 0 bridgehead atoms. The SMILES string of the molecule is C#CC(C)(C)Oc1cc(Br)ccc1OC(F)F. The Hall–Kier alpha value is -1.28. The number of ether oxygens (including phenoxy) is 2. The number of terminal acetylenes is 1. The summed E-state index contributed by atoms with van der Waals surface area (Å²) < 4.78 is 34.8. The van der Waals surface area contributed by atoms with Crippen LogP contribution >= 0.6 is 15.9 Å². The van der Waals surface area contributed by atoms with Crippen LogP contribution in [0, 0.1) is 12.3 Å². The van der Waals surface area contributed by atoms with Crippen molar-refractivity contribution in [2.75, 3.05) is 0 Å². The van der Waals surface area contributed by atoms with Crippen LogP contribution in [0.15, 0.2) is 22.7 Å². The van der Waals surface area contributed by atoms with Gasteiger partial charge in [-0.15, -0.1) is 6.42 Å². The van der Waals surface area contributed by atoms with Crippen LogP contribution in [-0.4, -0.2) is 12.2 Å². The van der Waals surface area contributed by atoms with Crippen LogP contribution in [0.25, 0.3) is 0 Å². The molecule has 0 spiro atoms. The smallest absolute Gasteiger partial charge is 0.387 e. The number of halogens is 3. The topological polar surface area (TPSA) is 18.5 Å². The minimum absolute atomic E-state index is 0.0495. The first-order chi connectivity index (χ1) is 7.84. The second kappa shape index (κ2) is 5.37. The molecule has 0 N–H and O–H groups in total. The summed E-state index contributed by atoms with van der Waals surface area (Å²) in [6, 6.07) is 4.49. The molecule has 0 aliphatic carbocycles. The maximum absolute atomic E-state index is 12.2. The molecule has 1 rings (SSSR count). The lowest BCUT2D eigenvalue weighted by Gasteiger charge is -2.22. The maximum Gasteiger partial charge on any atom is 0.387 e. The third-order valence-electron chi connectivity index (χ3n) is 1.83. The van der Waals surface area contributed by atoms with Crippen LogP contribution in [0.4, 0.5) is 8.78 Å². The van der Waals surface area contributed by atoms with E-state index in [0.29, 0.717) is 4.47 Å². The van der Waals surface area contributed by atoms with Gasteiger partial charge in [0.1, 0.15) is 0 Å². The van der Waals surface area contributed by atoms with Gasteiger partial charge in [-0.1, -0.05) is 21.9 Å². The fraction of sp³-hybridized carbons (Fsp3) is 0.333. The van der Waals surface area contributed by atoms with Crippen molar-refractivity contribution in [1.29, 1.82) is 0 Å². The molecule has 5 heteroatoms. The van der Waals surface area contributed by atoms with Gasteiger partial charge >= 0.3 is 6.61 Å². The van der Waals surface area contributed by atoms with Crippen LogP contribution in [0.2, 0.25) is 0 Å². The first kappa shape index (κ1) is 13.8. The highest BCUT2D eigenvalue weighted by molar-refractivity contribution is 9.10. The highest BCUT2D eigenvalue weighted by atomic mass is 79.9. The maximum atomic E-state index is 12.2. The van der Waals surface area contributed by atoms with Gasteiger partial charge in [0.15, 0.2) is 17.1 Å². The van der Waals surface area contributed by atoms with E-state index in [1.54, 1.807) is 19.9 Å². The summed E-state index contributed by atoms with van der Waals surface area (Å²) in [6.45, 7) is 0.396. The highest BCUT2D eigenvalue weighted by Gasteiger charge is 2.20. The van der Waals surface area contributed by atoms with Crippen molar-refractivity contribution < 1.29 is 18.3 Å². The molecule has 0 amide bonds. The van der Waals surface area contributed by atoms with E-state index in [2.05, 4.69) is 26.6 Å². The number of hydrogen-bond acceptors (Lipinski definition) is 2. The lowest BCUT2D eigenvalue weighted by molar-refractivity contribution is -0.0524.